The van der Waals surface area contributed by atoms with Crippen LogP contribution in [0.4, 0.5) is 0 Å². The SMILES string of the molecule is COc1ccc(C(=O)N[C@H](C(=O)NC(C)C)C2CCN(C(=O)C3CCCC3)CC2)cc1. The van der Waals surface area contributed by atoms with E-state index in [1.807, 2.05) is 18.7 Å². The first kappa shape index (κ1) is 23.1. The van der Waals surface area contributed by atoms with Crippen LogP contribution in [0.25, 0.3) is 0 Å². The smallest absolute Gasteiger partial charge is 0.251 e. The molecule has 7 heteroatoms. The fourth-order valence-corrected chi connectivity index (χ4v) is 4.62. The van der Waals surface area contributed by atoms with Crippen molar-refractivity contribution in [3.05, 3.63) is 29.8 Å². The summed E-state index contributed by atoms with van der Waals surface area (Å²) in [4.78, 5) is 40.4. The lowest BCUT2D eigenvalue weighted by molar-refractivity contribution is -0.137. The molecule has 1 saturated carbocycles. The van der Waals surface area contributed by atoms with Crippen LogP contribution in [-0.4, -0.2) is 54.9 Å². The van der Waals surface area contributed by atoms with Crippen LogP contribution in [0.2, 0.25) is 0 Å². The molecule has 1 aromatic rings. The zero-order valence-electron chi connectivity index (χ0n) is 18.9. The summed E-state index contributed by atoms with van der Waals surface area (Å²) in [5.74, 6) is 0.653. The van der Waals surface area contributed by atoms with E-state index < -0.39 is 6.04 Å². The molecule has 3 amide bonds. The second kappa shape index (κ2) is 10.6. The summed E-state index contributed by atoms with van der Waals surface area (Å²) in [5.41, 5.74) is 0.483. The molecule has 1 heterocycles. The van der Waals surface area contributed by atoms with E-state index in [1.165, 1.54) is 0 Å². The maximum atomic E-state index is 12.9. The van der Waals surface area contributed by atoms with Gasteiger partial charge in [-0.3, -0.25) is 14.4 Å². The average molecular weight is 430 g/mol. The van der Waals surface area contributed by atoms with Crippen LogP contribution >= 0.6 is 0 Å². The Balaban J connectivity index is 1.65. The number of methoxy groups -OCH3 is 1. The van der Waals surface area contributed by atoms with Crippen LogP contribution in [0.15, 0.2) is 24.3 Å². The molecule has 2 fully saturated rings. The lowest BCUT2D eigenvalue weighted by Crippen LogP contribution is -2.55. The van der Waals surface area contributed by atoms with Crippen molar-refractivity contribution in [3.63, 3.8) is 0 Å². The molecule has 31 heavy (non-hydrogen) atoms. The molecular formula is C24H35N3O4. The maximum Gasteiger partial charge on any atom is 0.251 e. The predicted octanol–water partition coefficient (Wildman–Crippen LogP) is 2.75. The molecule has 2 N–H and O–H groups in total. The number of hydrogen-bond donors (Lipinski definition) is 2. The van der Waals surface area contributed by atoms with E-state index in [0.717, 1.165) is 25.7 Å². The van der Waals surface area contributed by atoms with Gasteiger partial charge in [-0.2, -0.15) is 0 Å². The second-order valence-corrected chi connectivity index (χ2v) is 8.99. The number of nitrogens with one attached hydrogen (secondary N) is 2. The highest BCUT2D eigenvalue weighted by atomic mass is 16.5. The number of carbonyl (C=O) groups is 3. The van der Waals surface area contributed by atoms with Gasteiger partial charge in [0, 0.05) is 30.6 Å². The van der Waals surface area contributed by atoms with Crippen LogP contribution in [0.1, 0.15) is 62.7 Å². The van der Waals surface area contributed by atoms with E-state index in [2.05, 4.69) is 10.6 Å². The van der Waals surface area contributed by atoms with Gasteiger partial charge in [-0.25, -0.2) is 0 Å². The Morgan fingerprint density at radius 2 is 1.58 bits per heavy atom. The highest BCUT2D eigenvalue weighted by Crippen LogP contribution is 2.29. The zero-order chi connectivity index (χ0) is 22.4. The molecule has 0 spiro atoms. The van der Waals surface area contributed by atoms with Crippen molar-refractivity contribution in [2.45, 2.75) is 64.5 Å². The normalized spacial score (nSPS) is 18.6. The number of rotatable bonds is 7. The van der Waals surface area contributed by atoms with E-state index in [9.17, 15) is 14.4 Å². The average Bonchev–Trinajstić information content (AvgIpc) is 3.31. The van der Waals surface area contributed by atoms with E-state index in [0.29, 0.717) is 37.2 Å². The standard InChI is InChI=1S/C24H35N3O4/c1-16(2)25-23(29)21(26-22(28)18-8-10-20(31-3)11-9-18)17-12-14-27(15-13-17)24(30)19-6-4-5-7-19/h8-11,16-17,19,21H,4-7,12-15H2,1-3H3,(H,25,29)(H,26,28)/t21-/m0/s1. The molecule has 1 saturated heterocycles. The van der Waals surface area contributed by atoms with Gasteiger partial charge in [0.2, 0.25) is 11.8 Å². The van der Waals surface area contributed by atoms with Crippen molar-refractivity contribution in [3.8, 4) is 5.75 Å². The summed E-state index contributed by atoms with van der Waals surface area (Å²) >= 11 is 0. The van der Waals surface area contributed by atoms with Crippen LogP contribution in [0, 0.1) is 11.8 Å². The van der Waals surface area contributed by atoms with E-state index in [4.69, 9.17) is 4.74 Å². The lowest BCUT2D eigenvalue weighted by atomic mass is 9.87. The van der Waals surface area contributed by atoms with Crippen LogP contribution in [0.3, 0.4) is 0 Å². The van der Waals surface area contributed by atoms with Gasteiger partial charge < -0.3 is 20.3 Å². The molecular weight excluding hydrogens is 394 g/mol. The Bertz CT molecular complexity index is 764. The van der Waals surface area contributed by atoms with Crippen molar-refractivity contribution in [2.75, 3.05) is 20.2 Å². The Kier molecular flexibility index (Phi) is 7.93. The third-order valence-electron chi connectivity index (χ3n) is 6.38. The fourth-order valence-electron chi connectivity index (χ4n) is 4.62. The van der Waals surface area contributed by atoms with Crippen molar-refractivity contribution >= 4 is 17.7 Å². The Morgan fingerprint density at radius 3 is 2.13 bits per heavy atom. The van der Waals surface area contributed by atoms with Gasteiger partial charge in [-0.15, -0.1) is 0 Å². The third-order valence-corrected chi connectivity index (χ3v) is 6.38. The number of ether oxygens (including phenoxy) is 1. The minimum Gasteiger partial charge on any atom is -0.497 e. The van der Waals surface area contributed by atoms with Crippen molar-refractivity contribution < 1.29 is 19.1 Å². The summed E-state index contributed by atoms with van der Waals surface area (Å²) < 4.78 is 5.15. The van der Waals surface area contributed by atoms with E-state index in [-0.39, 0.29) is 35.6 Å². The monoisotopic (exact) mass is 429 g/mol. The van der Waals surface area contributed by atoms with Crippen molar-refractivity contribution in [2.24, 2.45) is 11.8 Å². The number of amides is 3. The molecule has 3 rings (SSSR count). The maximum absolute atomic E-state index is 12.9. The quantitative estimate of drug-likeness (QED) is 0.698. The number of nitrogens with zero attached hydrogens (tertiary/aromatic N) is 1. The number of likely N-dealkylation sites (tertiary alicyclic amines) is 1. The fraction of sp³-hybridized carbons (Fsp3) is 0.625. The molecule has 1 aliphatic heterocycles. The van der Waals surface area contributed by atoms with Crippen LogP contribution in [-0.2, 0) is 9.59 Å². The van der Waals surface area contributed by atoms with Gasteiger partial charge in [0.1, 0.15) is 11.8 Å². The van der Waals surface area contributed by atoms with Gasteiger partial charge in [-0.1, -0.05) is 12.8 Å². The topological polar surface area (TPSA) is 87.7 Å². The van der Waals surface area contributed by atoms with Crippen LogP contribution in [0.5, 0.6) is 5.75 Å². The Hall–Kier alpha value is -2.57. The summed E-state index contributed by atoms with van der Waals surface area (Å²) in [6, 6.07) is 6.19. The van der Waals surface area contributed by atoms with Gasteiger partial charge in [-0.05, 0) is 69.7 Å². The molecule has 7 nitrogen and oxygen atoms in total. The molecule has 0 aromatic heterocycles. The lowest BCUT2D eigenvalue weighted by Gasteiger charge is -2.37. The predicted molar refractivity (Wildman–Crippen MR) is 119 cm³/mol. The molecule has 2 aliphatic rings. The largest absolute Gasteiger partial charge is 0.497 e. The number of benzene rings is 1. The highest BCUT2D eigenvalue weighted by molar-refractivity contribution is 5.97. The first-order valence-electron chi connectivity index (χ1n) is 11.4. The Labute approximate surface area is 184 Å². The van der Waals surface area contributed by atoms with Crippen molar-refractivity contribution in [1.29, 1.82) is 0 Å². The van der Waals surface area contributed by atoms with Gasteiger partial charge in [0.15, 0.2) is 0 Å². The summed E-state index contributed by atoms with van der Waals surface area (Å²) in [6.45, 7) is 5.10. The van der Waals surface area contributed by atoms with Gasteiger partial charge in [0.05, 0.1) is 7.11 Å². The summed E-state index contributed by atoms with van der Waals surface area (Å²) in [5, 5.41) is 5.89. The minimum absolute atomic E-state index is 0.00595. The molecule has 1 atom stereocenters. The molecule has 1 aromatic carbocycles. The number of piperidine rings is 1. The molecule has 0 unspecified atom stereocenters. The highest BCUT2D eigenvalue weighted by Gasteiger charge is 2.36. The van der Waals surface area contributed by atoms with E-state index >= 15 is 0 Å². The molecule has 0 radical (unpaired) electrons. The first-order valence-corrected chi connectivity index (χ1v) is 11.4. The first-order chi connectivity index (χ1) is 14.9. The molecule has 1 aliphatic carbocycles. The minimum atomic E-state index is -0.624. The number of hydrogen-bond acceptors (Lipinski definition) is 4. The van der Waals surface area contributed by atoms with Crippen LogP contribution < -0.4 is 15.4 Å². The van der Waals surface area contributed by atoms with Crippen molar-refractivity contribution in [1.82, 2.24) is 15.5 Å². The molecule has 170 valence electrons. The third kappa shape index (κ3) is 5.99. The zero-order valence-corrected chi connectivity index (χ0v) is 18.9. The summed E-state index contributed by atoms with van der Waals surface area (Å²) in [6.07, 6.45) is 5.69. The van der Waals surface area contributed by atoms with Gasteiger partial charge in [0.25, 0.3) is 5.91 Å². The summed E-state index contributed by atoms with van der Waals surface area (Å²) in [7, 11) is 1.57. The van der Waals surface area contributed by atoms with Gasteiger partial charge >= 0.3 is 0 Å². The number of carbonyl (C=O) groups excluding carboxylic acids is 3. The second-order valence-electron chi connectivity index (χ2n) is 8.99. The molecule has 0 bridgehead atoms. The van der Waals surface area contributed by atoms with E-state index in [1.54, 1.807) is 31.4 Å². The Morgan fingerprint density at radius 1 is 0.968 bits per heavy atom.